The highest BCUT2D eigenvalue weighted by Gasteiger charge is 2.19. The van der Waals surface area contributed by atoms with Crippen molar-refractivity contribution in [2.45, 2.75) is 13.0 Å². The first-order valence-corrected chi connectivity index (χ1v) is 5.23. The van der Waals surface area contributed by atoms with E-state index in [0.717, 1.165) is 31.1 Å². The normalized spacial score (nSPS) is 21.4. The van der Waals surface area contributed by atoms with E-state index in [2.05, 4.69) is 33.7 Å². The van der Waals surface area contributed by atoms with Gasteiger partial charge in [-0.25, -0.2) is 9.97 Å². The van der Waals surface area contributed by atoms with E-state index in [1.807, 2.05) is 12.4 Å². The largest absolute Gasteiger partial charge is 0.336 e. The zero-order chi connectivity index (χ0) is 10.7. The molecule has 1 saturated heterocycles. The predicted molar refractivity (Wildman–Crippen MR) is 61.8 cm³/mol. The number of anilines is 1. The molecule has 1 N–H and O–H groups in total. The highest BCUT2D eigenvalue weighted by Crippen LogP contribution is 2.12. The first-order chi connectivity index (χ1) is 7.31. The molecule has 0 radical (unpaired) electrons. The highest BCUT2D eigenvalue weighted by molar-refractivity contribution is 5.45. The van der Waals surface area contributed by atoms with Gasteiger partial charge in [-0.1, -0.05) is 12.7 Å². The van der Waals surface area contributed by atoms with E-state index in [-0.39, 0.29) is 0 Å². The molecule has 0 bridgehead atoms. The lowest BCUT2D eigenvalue weighted by Gasteiger charge is -2.33. The molecule has 1 aliphatic rings. The van der Waals surface area contributed by atoms with Crippen molar-refractivity contribution in [3.63, 3.8) is 0 Å². The molecule has 2 rings (SSSR count). The van der Waals surface area contributed by atoms with Crippen LogP contribution >= 0.6 is 0 Å². The summed E-state index contributed by atoms with van der Waals surface area (Å²) in [5.74, 6) is 0.814. The summed E-state index contributed by atoms with van der Waals surface area (Å²) < 4.78 is 0. The molecule has 0 amide bonds. The van der Waals surface area contributed by atoms with Gasteiger partial charge in [-0.2, -0.15) is 0 Å². The quantitative estimate of drug-likeness (QED) is 0.777. The van der Waals surface area contributed by atoms with Gasteiger partial charge in [0.25, 0.3) is 0 Å². The van der Waals surface area contributed by atoms with Crippen LogP contribution in [0.1, 0.15) is 12.5 Å². The number of nitrogens with zero attached hydrogens (tertiary/aromatic N) is 3. The Morgan fingerprint density at radius 1 is 1.53 bits per heavy atom. The summed E-state index contributed by atoms with van der Waals surface area (Å²) in [6.45, 7) is 8.82. The third-order valence-corrected chi connectivity index (χ3v) is 2.65. The summed E-state index contributed by atoms with van der Waals surface area (Å²) in [7, 11) is 0. The average molecular weight is 204 g/mol. The third-order valence-electron chi connectivity index (χ3n) is 2.65. The Morgan fingerprint density at radius 3 is 2.87 bits per heavy atom. The molecule has 0 spiro atoms. The minimum Gasteiger partial charge on any atom is -0.336 e. The van der Waals surface area contributed by atoms with Crippen LogP contribution in [-0.4, -0.2) is 35.6 Å². The predicted octanol–water partition coefficient (Wildman–Crippen LogP) is 0.918. The SMILES string of the molecule is C=Cc1cnc(N2CCNC[C@@H]2C)nc1. The molecule has 1 aromatic rings. The molecular formula is C11H16N4. The Bertz CT molecular complexity index is 333. The molecule has 1 aliphatic heterocycles. The van der Waals surface area contributed by atoms with Crippen LogP contribution < -0.4 is 10.2 Å². The average Bonchev–Trinajstić information content (AvgIpc) is 2.30. The molecule has 1 atom stereocenters. The Morgan fingerprint density at radius 2 is 2.27 bits per heavy atom. The zero-order valence-corrected chi connectivity index (χ0v) is 8.98. The number of hydrogen-bond acceptors (Lipinski definition) is 4. The Hall–Kier alpha value is -1.42. The second-order valence-corrected chi connectivity index (χ2v) is 3.77. The van der Waals surface area contributed by atoms with E-state index in [4.69, 9.17) is 0 Å². The first kappa shape index (κ1) is 10.1. The van der Waals surface area contributed by atoms with Gasteiger partial charge in [0.1, 0.15) is 0 Å². The molecule has 4 nitrogen and oxygen atoms in total. The Labute approximate surface area is 90.0 Å². The molecular weight excluding hydrogens is 188 g/mol. The summed E-state index contributed by atoms with van der Waals surface area (Å²) in [6, 6.07) is 0.452. The topological polar surface area (TPSA) is 41.1 Å². The van der Waals surface area contributed by atoms with Crippen LogP contribution in [0.4, 0.5) is 5.95 Å². The van der Waals surface area contributed by atoms with Gasteiger partial charge >= 0.3 is 0 Å². The molecule has 4 heteroatoms. The van der Waals surface area contributed by atoms with E-state index in [1.165, 1.54) is 0 Å². The van der Waals surface area contributed by atoms with E-state index in [9.17, 15) is 0 Å². The van der Waals surface area contributed by atoms with E-state index in [1.54, 1.807) is 6.08 Å². The lowest BCUT2D eigenvalue weighted by atomic mass is 10.2. The molecule has 0 aliphatic carbocycles. The summed E-state index contributed by atoms with van der Waals surface area (Å²) in [4.78, 5) is 10.9. The zero-order valence-electron chi connectivity index (χ0n) is 8.98. The molecule has 0 aromatic carbocycles. The number of hydrogen-bond donors (Lipinski definition) is 1. The maximum absolute atomic E-state index is 4.34. The molecule has 80 valence electrons. The van der Waals surface area contributed by atoms with Crippen LogP contribution in [-0.2, 0) is 0 Å². The maximum atomic E-state index is 4.34. The van der Waals surface area contributed by atoms with E-state index < -0.39 is 0 Å². The maximum Gasteiger partial charge on any atom is 0.225 e. The van der Waals surface area contributed by atoms with Gasteiger partial charge in [-0.05, 0) is 6.92 Å². The second kappa shape index (κ2) is 4.40. The number of rotatable bonds is 2. The summed E-state index contributed by atoms with van der Waals surface area (Å²) in [6.07, 6.45) is 5.37. The van der Waals surface area contributed by atoms with Crippen molar-refractivity contribution in [3.8, 4) is 0 Å². The van der Waals surface area contributed by atoms with Crippen molar-refractivity contribution in [1.29, 1.82) is 0 Å². The standard InChI is InChI=1S/C11H16N4/c1-3-10-7-13-11(14-8-10)15-5-4-12-6-9(15)2/h3,7-9,12H,1,4-6H2,2H3/t9-/m0/s1. The summed E-state index contributed by atoms with van der Waals surface area (Å²) >= 11 is 0. The van der Waals surface area contributed by atoms with Crippen molar-refractivity contribution < 1.29 is 0 Å². The number of piperazine rings is 1. The van der Waals surface area contributed by atoms with Crippen LogP contribution in [0.15, 0.2) is 19.0 Å². The second-order valence-electron chi connectivity index (χ2n) is 3.77. The lowest BCUT2D eigenvalue weighted by molar-refractivity contribution is 0.493. The summed E-state index contributed by atoms with van der Waals surface area (Å²) in [5, 5.41) is 3.34. The van der Waals surface area contributed by atoms with Crippen LogP contribution in [0, 0.1) is 0 Å². The molecule has 2 heterocycles. The fourth-order valence-electron chi connectivity index (χ4n) is 1.72. The van der Waals surface area contributed by atoms with Crippen LogP contribution in [0.3, 0.4) is 0 Å². The van der Waals surface area contributed by atoms with Gasteiger partial charge in [-0.15, -0.1) is 0 Å². The lowest BCUT2D eigenvalue weighted by Crippen LogP contribution is -2.50. The van der Waals surface area contributed by atoms with Crippen molar-refractivity contribution in [3.05, 3.63) is 24.5 Å². The van der Waals surface area contributed by atoms with Gasteiger partial charge in [0.2, 0.25) is 5.95 Å². The van der Waals surface area contributed by atoms with Crippen LogP contribution in [0.5, 0.6) is 0 Å². The molecule has 0 unspecified atom stereocenters. The molecule has 0 saturated carbocycles. The van der Waals surface area contributed by atoms with Gasteiger partial charge in [-0.3, -0.25) is 0 Å². The summed E-state index contributed by atoms with van der Waals surface area (Å²) in [5.41, 5.74) is 0.960. The molecule has 1 fully saturated rings. The van der Waals surface area contributed by atoms with Crippen molar-refractivity contribution in [2.24, 2.45) is 0 Å². The van der Waals surface area contributed by atoms with Gasteiger partial charge < -0.3 is 10.2 Å². The van der Waals surface area contributed by atoms with Crippen molar-refractivity contribution >= 4 is 12.0 Å². The smallest absolute Gasteiger partial charge is 0.225 e. The fourth-order valence-corrected chi connectivity index (χ4v) is 1.72. The minimum absolute atomic E-state index is 0.452. The number of aromatic nitrogens is 2. The highest BCUT2D eigenvalue weighted by atomic mass is 15.3. The minimum atomic E-state index is 0.452. The molecule has 15 heavy (non-hydrogen) atoms. The van der Waals surface area contributed by atoms with Crippen LogP contribution in [0.2, 0.25) is 0 Å². The van der Waals surface area contributed by atoms with Crippen molar-refractivity contribution in [1.82, 2.24) is 15.3 Å². The first-order valence-electron chi connectivity index (χ1n) is 5.23. The Balaban J connectivity index is 2.16. The van der Waals surface area contributed by atoms with E-state index in [0.29, 0.717) is 6.04 Å². The monoisotopic (exact) mass is 204 g/mol. The van der Waals surface area contributed by atoms with Gasteiger partial charge in [0.05, 0.1) is 0 Å². The van der Waals surface area contributed by atoms with Crippen LogP contribution in [0.25, 0.3) is 6.08 Å². The fraction of sp³-hybridized carbons (Fsp3) is 0.455. The van der Waals surface area contributed by atoms with Crippen molar-refractivity contribution in [2.75, 3.05) is 24.5 Å². The Kier molecular flexibility index (Phi) is 2.97. The van der Waals surface area contributed by atoms with Gasteiger partial charge in [0.15, 0.2) is 0 Å². The third kappa shape index (κ3) is 2.15. The van der Waals surface area contributed by atoms with E-state index >= 15 is 0 Å². The number of nitrogens with one attached hydrogen (secondary N) is 1. The van der Waals surface area contributed by atoms with Gasteiger partial charge in [0, 0.05) is 43.6 Å². The molecule has 1 aromatic heterocycles.